The van der Waals surface area contributed by atoms with E-state index in [4.69, 9.17) is 10.8 Å². The van der Waals surface area contributed by atoms with Gasteiger partial charge in [-0.05, 0) is 51.3 Å². The topological polar surface area (TPSA) is 75.3 Å². The fraction of sp³-hybridized carbons (Fsp3) is 0.533. The van der Waals surface area contributed by atoms with Gasteiger partial charge in [0.15, 0.2) is 0 Å². The van der Waals surface area contributed by atoms with Crippen LogP contribution in [-0.2, 0) is 10.2 Å². The van der Waals surface area contributed by atoms with Crippen LogP contribution >= 0.6 is 0 Å². The maximum Gasteiger partial charge on any atom is 0.230 e. The Hall–Kier alpha value is -1.55. The van der Waals surface area contributed by atoms with Crippen LogP contribution in [0.5, 0.6) is 0 Å². The van der Waals surface area contributed by atoms with Gasteiger partial charge in [-0.25, -0.2) is 0 Å². The van der Waals surface area contributed by atoms with Crippen LogP contribution in [0.25, 0.3) is 0 Å². The summed E-state index contributed by atoms with van der Waals surface area (Å²) in [6.07, 6.45) is 1.48. The van der Waals surface area contributed by atoms with Crippen LogP contribution in [0.15, 0.2) is 24.3 Å². The molecule has 1 rings (SSSR count). The molecule has 1 aromatic carbocycles. The summed E-state index contributed by atoms with van der Waals surface area (Å²) in [6.45, 7) is 5.90. The van der Waals surface area contributed by atoms with E-state index in [0.29, 0.717) is 12.1 Å². The number of nitrogens with two attached hydrogens (primary N) is 1. The van der Waals surface area contributed by atoms with Crippen molar-refractivity contribution in [2.75, 3.05) is 12.3 Å². The highest BCUT2D eigenvalue weighted by Crippen LogP contribution is 2.24. The smallest absolute Gasteiger partial charge is 0.230 e. The minimum atomic E-state index is -0.596. The molecule has 0 radical (unpaired) electrons. The summed E-state index contributed by atoms with van der Waals surface area (Å²) >= 11 is 0. The summed E-state index contributed by atoms with van der Waals surface area (Å²) in [5.74, 6) is -0.0114. The summed E-state index contributed by atoms with van der Waals surface area (Å²) < 4.78 is 0. The highest BCUT2D eigenvalue weighted by Gasteiger charge is 2.30. The maximum atomic E-state index is 12.3. The molecule has 0 aliphatic rings. The van der Waals surface area contributed by atoms with Crippen molar-refractivity contribution in [2.45, 2.75) is 45.1 Å². The molecule has 0 fully saturated rings. The zero-order chi connectivity index (χ0) is 14.5. The van der Waals surface area contributed by atoms with E-state index in [9.17, 15) is 4.79 Å². The van der Waals surface area contributed by atoms with Crippen LogP contribution in [0.3, 0.4) is 0 Å². The first-order valence-electron chi connectivity index (χ1n) is 6.65. The van der Waals surface area contributed by atoms with Crippen LogP contribution in [0, 0.1) is 0 Å². The Morgan fingerprint density at radius 1 is 1.37 bits per heavy atom. The Balaban J connectivity index is 2.71. The quantitative estimate of drug-likeness (QED) is 0.686. The average Bonchev–Trinajstić information content (AvgIpc) is 2.36. The molecule has 0 spiro atoms. The predicted octanol–water partition coefficient (Wildman–Crippen LogP) is 1.82. The number of hydrogen-bond donors (Lipinski definition) is 3. The van der Waals surface area contributed by atoms with Crippen molar-refractivity contribution < 1.29 is 9.90 Å². The number of amides is 1. The lowest BCUT2D eigenvalue weighted by Crippen LogP contribution is -2.44. The predicted molar refractivity (Wildman–Crippen MR) is 77.8 cm³/mol. The summed E-state index contributed by atoms with van der Waals surface area (Å²) in [4.78, 5) is 12.3. The molecule has 1 atom stereocenters. The second kappa shape index (κ2) is 6.57. The van der Waals surface area contributed by atoms with E-state index in [1.165, 1.54) is 0 Å². The standard InChI is InChI=1S/C15H24N2O2/c1-11(5-4-10-18)17-14(19)15(2,3)12-6-8-13(16)9-7-12/h6-9,11,18H,4-5,10,16H2,1-3H3,(H,17,19). The number of aliphatic hydroxyl groups is 1. The first-order chi connectivity index (χ1) is 8.87. The Labute approximate surface area is 115 Å². The molecule has 4 N–H and O–H groups in total. The fourth-order valence-electron chi connectivity index (χ4n) is 1.90. The van der Waals surface area contributed by atoms with Gasteiger partial charge < -0.3 is 16.2 Å². The first kappa shape index (κ1) is 15.5. The number of carbonyl (C=O) groups excluding carboxylic acids is 1. The molecule has 1 amide bonds. The van der Waals surface area contributed by atoms with Gasteiger partial charge in [0.2, 0.25) is 5.91 Å². The second-order valence-corrected chi connectivity index (χ2v) is 5.49. The van der Waals surface area contributed by atoms with E-state index in [1.54, 1.807) is 12.1 Å². The van der Waals surface area contributed by atoms with Crippen molar-refractivity contribution in [1.29, 1.82) is 0 Å². The van der Waals surface area contributed by atoms with Crippen molar-refractivity contribution >= 4 is 11.6 Å². The normalized spacial score (nSPS) is 13.1. The van der Waals surface area contributed by atoms with Crippen molar-refractivity contribution in [3.05, 3.63) is 29.8 Å². The van der Waals surface area contributed by atoms with Crippen molar-refractivity contribution in [3.63, 3.8) is 0 Å². The molecular weight excluding hydrogens is 240 g/mol. The Kier molecular flexibility index (Phi) is 5.36. The highest BCUT2D eigenvalue weighted by atomic mass is 16.3. The maximum absolute atomic E-state index is 12.3. The van der Waals surface area contributed by atoms with Gasteiger partial charge in [0.25, 0.3) is 0 Å². The molecule has 4 nitrogen and oxygen atoms in total. The largest absolute Gasteiger partial charge is 0.399 e. The molecule has 0 aliphatic heterocycles. The van der Waals surface area contributed by atoms with Gasteiger partial charge in [-0.3, -0.25) is 4.79 Å². The minimum Gasteiger partial charge on any atom is -0.399 e. The number of carbonyl (C=O) groups is 1. The molecule has 106 valence electrons. The Morgan fingerprint density at radius 2 is 1.95 bits per heavy atom. The Morgan fingerprint density at radius 3 is 2.47 bits per heavy atom. The molecular formula is C15H24N2O2. The third kappa shape index (κ3) is 4.24. The number of rotatable bonds is 6. The molecule has 0 saturated heterocycles. The third-order valence-electron chi connectivity index (χ3n) is 3.37. The van der Waals surface area contributed by atoms with Gasteiger partial charge in [-0.1, -0.05) is 12.1 Å². The molecule has 0 bridgehead atoms. The van der Waals surface area contributed by atoms with E-state index in [2.05, 4.69) is 5.32 Å². The summed E-state index contributed by atoms with van der Waals surface area (Å²) in [6, 6.07) is 7.44. The lowest BCUT2D eigenvalue weighted by atomic mass is 9.83. The molecule has 0 saturated carbocycles. The highest BCUT2D eigenvalue weighted by molar-refractivity contribution is 5.87. The number of nitrogens with one attached hydrogen (secondary N) is 1. The van der Waals surface area contributed by atoms with E-state index in [1.807, 2.05) is 32.9 Å². The van der Waals surface area contributed by atoms with Gasteiger partial charge in [-0.15, -0.1) is 0 Å². The number of hydrogen-bond acceptors (Lipinski definition) is 3. The van der Waals surface area contributed by atoms with Crippen molar-refractivity contribution in [2.24, 2.45) is 0 Å². The van der Waals surface area contributed by atoms with Gasteiger partial charge >= 0.3 is 0 Å². The first-order valence-corrected chi connectivity index (χ1v) is 6.65. The number of anilines is 1. The molecule has 0 heterocycles. The fourth-order valence-corrected chi connectivity index (χ4v) is 1.90. The van der Waals surface area contributed by atoms with Gasteiger partial charge in [-0.2, -0.15) is 0 Å². The monoisotopic (exact) mass is 264 g/mol. The van der Waals surface area contributed by atoms with Crippen molar-refractivity contribution in [3.8, 4) is 0 Å². The van der Waals surface area contributed by atoms with Crippen LogP contribution in [0.1, 0.15) is 39.2 Å². The number of nitrogen functional groups attached to an aromatic ring is 1. The lowest BCUT2D eigenvalue weighted by molar-refractivity contribution is -0.126. The summed E-state index contributed by atoms with van der Waals surface area (Å²) in [7, 11) is 0. The van der Waals surface area contributed by atoms with E-state index in [0.717, 1.165) is 12.0 Å². The van der Waals surface area contributed by atoms with Crippen LogP contribution < -0.4 is 11.1 Å². The third-order valence-corrected chi connectivity index (χ3v) is 3.37. The van der Waals surface area contributed by atoms with Crippen LogP contribution in [0.2, 0.25) is 0 Å². The van der Waals surface area contributed by atoms with Crippen molar-refractivity contribution in [1.82, 2.24) is 5.32 Å². The average molecular weight is 264 g/mol. The molecule has 0 aromatic heterocycles. The second-order valence-electron chi connectivity index (χ2n) is 5.49. The SMILES string of the molecule is CC(CCCO)NC(=O)C(C)(C)c1ccc(N)cc1. The van der Waals surface area contributed by atoms with E-state index in [-0.39, 0.29) is 18.6 Å². The van der Waals surface area contributed by atoms with E-state index >= 15 is 0 Å². The zero-order valence-electron chi connectivity index (χ0n) is 11.9. The summed E-state index contributed by atoms with van der Waals surface area (Å²) in [5, 5.41) is 11.8. The Bertz CT molecular complexity index is 413. The van der Waals surface area contributed by atoms with Gasteiger partial charge in [0.1, 0.15) is 0 Å². The van der Waals surface area contributed by atoms with Gasteiger partial charge in [0, 0.05) is 18.3 Å². The minimum absolute atomic E-state index is 0.0114. The molecule has 1 aromatic rings. The van der Waals surface area contributed by atoms with Gasteiger partial charge in [0.05, 0.1) is 5.41 Å². The lowest BCUT2D eigenvalue weighted by Gasteiger charge is -2.26. The molecule has 19 heavy (non-hydrogen) atoms. The summed E-state index contributed by atoms with van der Waals surface area (Å²) in [5.41, 5.74) is 6.69. The number of benzene rings is 1. The van der Waals surface area contributed by atoms with Crippen LogP contribution in [0.4, 0.5) is 5.69 Å². The zero-order valence-corrected chi connectivity index (χ0v) is 11.9. The van der Waals surface area contributed by atoms with Crippen LogP contribution in [-0.4, -0.2) is 23.7 Å². The molecule has 4 heteroatoms. The number of aliphatic hydroxyl groups excluding tert-OH is 1. The molecule has 0 aliphatic carbocycles. The molecule has 1 unspecified atom stereocenters. The van der Waals surface area contributed by atoms with E-state index < -0.39 is 5.41 Å².